The Balaban J connectivity index is 1.15. The Morgan fingerprint density at radius 3 is 2.70 bits per heavy atom. The smallest absolute Gasteiger partial charge is 0.250 e. The van der Waals surface area contributed by atoms with E-state index in [-0.39, 0.29) is 11.4 Å². The van der Waals surface area contributed by atoms with Crippen molar-refractivity contribution >= 4 is 10.9 Å². The Morgan fingerprint density at radius 2 is 1.88 bits per heavy atom. The average molecular weight is 453 g/mol. The first-order chi connectivity index (χ1) is 16.1. The molecule has 174 valence electrons. The number of piperidine rings is 1. The van der Waals surface area contributed by atoms with E-state index < -0.39 is 0 Å². The molecule has 0 bridgehead atoms. The van der Waals surface area contributed by atoms with Gasteiger partial charge in [0.2, 0.25) is 0 Å². The van der Waals surface area contributed by atoms with Gasteiger partial charge in [0, 0.05) is 43.9 Å². The molecule has 33 heavy (non-hydrogen) atoms. The number of aryl methyl sites for hydroxylation is 1. The lowest BCUT2D eigenvalue weighted by Crippen LogP contribution is -2.43. The van der Waals surface area contributed by atoms with Crippen LogP contribution in [0.15, 0.2) is 41.3 Å². The van der Waals surface area contributed by atoms with Gasteiger partial charge in [-0.15, -0.1) is 0 Å². The maximum Gasteiger partial charge on any atom is 0.250 e. The van der Waals surface area contributed by atoms with Crippen molar-refractivity contribution in [2.24, 2.45) is 7.05 Å². The number of ether oxygens (including phenoxy) is 2. The monoisotopic (exact) mass is 452 g/mol. The predicted octanol–water partition coefficient (Wildman–Crippen LogP) is 2.64. The van der Waals surface area contributed by atoms with Crippen LogP contribution in [0, 0.1) is 5.82 Å². The van der Waals surface area contributed by atoms with Gasteiger partial charge in [-0.05, 0) is 55.9 Å². The molecule has 8 heteroatoms. The largest absolute Gasteiger partial charge is 0.486 e. The van der Waals surface area contributed by atoms with Gasteiger partial charge >= 0.3 is 0 Å². The zero-order valence-corrected chi connectivity index (χ0v) is 18.8. The normalized spacial score (nSPS) is 16.9. The summed E-state index contributed by atoms with van der Waals surface area (Å²) < 4.78 is 27.4. The van der Waals surface area contributed by atoms with Crippen molar-refractivity contribution in [1.29, 1.82) is 0 Å². The molecule has 5 rings (SSSR count). The number of pyridine rings is 2. The van der Waals surface area contributed by atoms with Crippen molar-refractivity contribution in [2.75, 3.05) is 32.8 Å². The van der Waals surface area contributed by atoms with Crippen molar-refractivity contribution in [3.05, 3.63) is 64.0 Å². The highest BCUT2D eigenvalue weighted by Crippen LogP contribution is 2.29. The van der Waals surface area contributed by atoms with Gasteiger partial charge in [0.05, 0.1) is 17.4 Å². The number of likely N-dealkylation sites (tertiary alicyclic amines) is 1. The second-order valence-corrected chi connectivity index (χ2v) is 8.76. The number of nitrogens with zero attached hydrogens (tertiary/aromatic N) is 3. The van der Waals surface area contributed by atoms with E-state index in [0.29, 0.717) is 49.1 Å². The molecule has 0 radical (unpaired) electrons. The molecule has 4 heterocycles. The number of halogens is 1. The first-order valence-corrected chi connectivity index (χ1v) is 11.6. The third-order valence-corrected chi connectivity index (χ3v) is 6.65. The van der Waals surface area contributed by atoms with E-state index >= 15 is 0 Å². The van der Waals surface area contributed by atoms with E-state index in [1.807, 2.05) is 6.07 Å². The average Bonchev–Trinajstić information content (AvgIpc) is 2.85. The minimum Gasteiger partial charge on any atom is -0.486 e. The van der Waals surface area contributed by atoms with Crippen LogP contribution in [0.2, 0.25) is 0 Å². The van der Waals surface area contributed by atoms with Crippen LogP contribution in [-0.2, 0) is 20.0 Å². The molecular formula is C25H29FN4O3. The highest BCUT2D eigenvalue weighted by molar-refractivity contribution is 5.82. The van der Waals surface area contributed by atoms with E-state index in [4.69, 9.17) is 9.47 Å². The maximum atomic E-state index is 14.6. The molecule has 1 fully saturated rings. The van der Waals surface area contributed by atoms with Gasteiger partial charge in [-0.2, -0.15) is 0 Å². The molecule has 2 aromatic heterocycles. The third-order valence-electron chi connectivity index (χ3n) is 6.65. The Morgan fingerprint density at radius 1 is 1.12 bits per heavy atom. The van der Waals surface area contributed by atoms with Crippen LogP contribution in [-0.4, -0.2) is 53.3 Å². The number of hydrogen-bond donors (Lipinski definition) is 1. The van der Waals surface area contributed by atoms with E-state index in [2.05, 4.69) is 15.2 Å². The highest BCUT2D eigenvalue weighted by Gasteiger charge is 2.20. The molecule has 3 aromatic rings. The van der Waals surface area contributed by atoms with Crippen LogP contribution in [0.25, 0.3) is 10.9 Å². The fourth-order valence-corrected chi connectivity index (χ4v) is 4.75. The van der Waals surface area contributed by atoms with Crippen molar-refractivity contribution < 1.29 is 13.9 Å². The highest BCUT2D eigenvalue weighted by atomic mass is 19.1. The first kappa shape index (κ1) is 21.9. The number of hydrogen-bond acceptors (Lipinski definition) is 6. The van der Waals surface area contributed by atoms with Crippen LogP contribution < -0.4 is 20.3 Å². The van der Waals surface area contributed by atoms with Crippen LogP contribution in [0.1, 0.15) is 24.1 Å². The second kappa shape index (κ2) is 9.49. The fourth-order valence-electron chi connectivity index (χ4n) is 4.75. The summed E-state index contributed by atoms with van der Waals surface area (Å²) >= 11 is 0. The summed E-state index contributed by atoms with van der Waals surface area (Å²) in [4.78, 5) is 18.9. The molecule has 1 saturated heterocycles. The summed E-state index contributed by atoms with van der Waals surface area (Å²) in [5.41, 5.74) is 2.15. The Bertz CT molecular complexity index is 1200. The molecule has 0 unspecified atom stereocenters. The summed E-state index contributed by atoms with van der Waals surface area (Å²) in [6.45, 7) is 4.51. The lowest BCUT2D eigenvalue weighted by atomic mass is 10.0. The Labute approximate surface area is 192 Å². The van der Waals surface area contributed by atoms with Gasteiger partial charge in [0.25, 0.3) is 5.56 Å². The third kappa shape index (κ3) is 4.72. The van der Waals surface area contributed by atoms with E-state index in [1.165, 1.54) is 12.1 Å². The van der Waals surface area contributed by atoms with Crippen molar-refractivity contribution in [1.82, 2.24) is 19.8 Å². The van der Waals surface area contributed by atoms with Crippen LogP contribution in [0.3, 0.4) is 0 Å². The minimum absolute atomic E-state index is 0.117. The van der Waals surface area contributed by atoms with Crippen LogP contribution in [0.4, 0.5) is 4.39 Å². The lowest BCUT2D eigenvalue weighted by molar-refractivity contribution is 0.170. The van der Waals surface area contributed by atoms with Gasteiger partial charge in [0.15, 0.2) is 11.5 Å². The Hall–Kier alpha value is -2.97. The predicted molar refractivity (Wildman–Crippen MR) is 124 cm³/mol. The van der Waals surface area contributed by atoms with E-state index in [1.54, 1.807) is 29.9 Å². The first-order valence-electron chi connectivity index (χ1n) is 11.6. The molecule has 2 aliphatic rings. The summed E-state index contributed by atoms with van der Waals surface area (Å²) in [5.74, 6) is 1.23. The zero-order valence-electron chi connectivity index (χ0n) is 18.8. The fraction of sp³-hybridized carbons (Fsp3) is 0.440. The quantitative estimate of drug-likeness (QED) is 0.620. The molecule has 0 spiro atoms. The molecule has 7 nitrogen and oxygen atoms in total. The number of fused-ring (bicyclic) bond motifs is 2. The minimum atomic E-state index is -0.243. The summed E-state index contributed by atoms with van der Waals surface area (Å²) in [7, 11) is 1.71. The van der Waals surface area contributed by atoms with Gasteiger partial charge < -0.3 is 24.3 Å². The topological polar surface area (TPSA) is 68.6 Å². The second-order valence-electron chi connectivity index (χ2n) is 8.76. The standard InChI is InChI=1S/C25H29FN4O3/c1-29-24(31)5-3-17-2-4-21(26)20(25(17)29)8-11-30-9-6-18(7-10-30)27-15-19-14-22-23(16-28-19)33-13-12-32-22/h2-5,14,16,18,27H,6-13,15H2,1H3. The molecule has 0 aliphatic carbocycles. The van der Waals surface area contributed by atoms with Crippen molar-refractivity contribution in [3.63, 3.8) is 0 Å². The van der Waals surface area contributed by atoms with Crippen molar-refractivity contribution in [2.45, 2.75) is 31.8 Å². The van der Waals surface area contributed by atoms with E-state index in [0.717, 1.165) is 49.3 Å². The van der Waals surface area contributed by atoms with Gasteiger partial charge in [-0.3, -0.25) is 9.78 Å². The lowest BCUT2D eigenvalue weighted by Gasteiger charge is -2.32. The molecule has 0 atom stereocenters. The van der Waals surface area contributed by atoms with Crippen LogP contribution in [0.5, 0.6) is 11.5 Å². The Kier molecular flexibility index (Phi) is 6.28. The zero-order chi connectivity index (χ0) is 22.8. The number of aromatic nitrogens is 2. The maximum absolute atomic E-state index is 14.6. The SMILES string of the molecule is Cn1c(=O)ccc2ccc(F)c(CCN3CCC(NCc4cc5c(cn4)OCCO5)CC3)c21. The van der Waals surface area contributed by atoms with Crippen molar-refractivity contribution in [3.8, 4) is 11.5 Å². The molecular weight excluding hydrogens is 423 g/mol. The molecule has 0 saturated carbocycles. The van der Waals surface area contributed by atoms with E-state index in [9.17, 15) is 9.18 Å². The summed E-state index contributed by atoms with van der Waals surface area (Å²) in [6, 6.07) is 8.91. The molecule has 1 aromatic carbocycles. The van der Waals surface area contributed by atoms with Gasteiger partial charge in [0.1, 0.15) is 19.0 Å². The van der Waals surface area contributed by atoms with Gasteiger partial charge in [-0.25, -0.2) is 4.39 Å². The summed E-state index contributed by atoms with van der Waals surface area (Å²) in [6.07, 6.45) is 4.37. The molecule has 0 amide bonds. The number of benzene rings is 1. The number of nitrogens with one attached hydrogen (secondary N) is 1. The summed E-state index contributed by atoms with van der Waals surface area (Å²) in [5, 5.41) is 4.50. The molecule has 1 N–H and O–H groups in total. The number of rotatable bonds is 6. The molecule has 2 aliphatic heterocycles. The van der Waals surface area contributed by atoms with Gasteiger partial charge in [-0.1, -0.05) is 0 Å². The van der Waals surface area contributed by atoms with Crippen LogP contribution >= 0.6 is 0 Å².